The first-order valence-electron chi connectivity index (χ1n) is 13.2. The Kier molecular flexibility index (Phi) is 10.6. The molecule has 2 aromatic rings. The van der Waals surface area contributed by atoms with E-state index in [-0.39, 0.29) is 13.2 Å². The molecule has 2 heterocycles. The van der Waals surface area contributed by atoms with E-state index in [9.17, 15) is 4.79 Å². The molecule has 0 fully saturated rings. The first-order valence-corrected chi connectivity index (χ1v) is 13.2. The Morgan fingerprint density at radius 3 is 2.69 bits per heavy atom. The molecule has 2 N–H and O–H groups in total. The normalized spacial score (nSPS) is 13.3. The largest absolute Gasteiger partial charge is 0.493 e. The first-order chi connectivity index (χ1) is 18.5. The summed E-state index contributed by atoms with van der Waals surface area (Å²) < 4.78 is 32.0. The van der Waals surface area contributed by atoms with E-state index in [4.69, 9.17) is 19.2 Å². The molecule has 0 bridgehead atoms. The number of benzene rings is 1. The molecule has 3 rings (SSSR count). The molecular formula is C28H41FN6O4. The number of carbonyl (C=O) groups is 1. The highest BCUT2D eigenvalue weighted by atomic mass is 19.1. The van der Waals surface area contributed by atoms with Gasteiger partial charge in [-0.25, -0.2) is 19.6 Å². The summed E-state index contributed by atoms with van der Waals surface area (Å²) >= 11 is 0. The summed E-state index contributed by atoms with van der Waals surface area (Å²) in [5.41, 5.74) is 8.04. The van der Waals surface area contributed by atoms with E-state index < -0.39 is 17.5 Å². The standard InChI is InChI=1S/C28H41FN6O4/c1-8-19-15-25(37-7)30-16-21(19)26(31-18-33-32-12-13-34(5)6)35(27(36)39-28(2,3)4)17-22-20-11-14-38-24(20)10-9-23(22)29/h9-10,15-16,32-33H,8,11-14,17-18H2,1-7H3/b31-26+. The highest BCUT2D eigenvalue weighted by Gasteiger charge is 2.31. The number of hydrogen-bond acceptors (Lipinski definition) is 9. The van der Waals surface area contributed by atoms with E-state index in [1.165, 1.54) is 11.0 Å². The predicted molar refractivity (Wildman–Crippen MR) is 149 cm³/mol. The van der Waals surface area contributed by atoms with Gasteiger partial charge in [-0.15, -0.1) is 0 Å². The van der Waals surface area contributed by atoms with Crippen molar-refractivity contribution < 1.29 is 23.4 Å². The number of nitrogens with one attached hydrogen (secondary N) is 2. The van der Waals surface area contributed by atoms with Crippen molar-refractivity contribution in [3.63, 3.8) is 0 Å². The van der Waals surface area contributed by atoms with Crippen LogP contribution in [0.3, 0.4) is 0 Å². The van der Waals surface area contributed by atoms with Crippen molar-refractivity contribution in [2.24, 2.45) is 4.99 Å². The van der Waals surface area contributed by atoms with Crippen molar-refractivity contribution in [1.82, 2.24) is 25.6 Å². The van der Waals surface area contributed by atoms with Crippen molar-refractivity contribution in [2.75, 3.05) is 47.6 Å². The lowest BCUT2D eigenvalue weighted by Gasteiger charge is -2.29. The maximum atomic E-state index is 15.2. The number of carbonyl (C=O) groups excluding carboxylic acids is 1. The monoisotopic (exact) mass is 544 g/mol. The second-order valence-electron chi connectivity index (χ2n) is 10.5. The highest BCUT2D eigenvalue weighted by Crippen LogP contribution is 2.32. The molecule has 1 aliphatic heterocycles. The number of aromatic nitrogens is 1. The van der Waals surface area contributed by atoms with Gasteiger partial charge in [0.05, 0.1) is 20.3 Å². The molecule has 0 saturated heterocycles. The lowest BCUT2D eigenvalue weighted by atomic mass is 10.0. The number of halogens is 1. The summed E-state index contributed by atoms with van der Waals surface area (Å²) in [5.74, 6) is 0.973. The summed E-state index contributed by atoms with van der Waals surface area (Å²) in [7, 11) is 5.53. The van der Waals surface area contributed by atoms with Crippen LogP contribution in [-0.2, 0) is 24.1 Å². The molecule has 1 aliphatic rings. The lowest BCUT2D eigenvalue weighted by Crippen LogP contribution is -2.43. The van der Waals surface area contributed by atoms with Gasteiger partial charge in [0, 0.05) is 48.5 Å². The van der Waals surface area contributed by atoms with E-state index in [0.717, 1.165) is 17.7 Å². The first kappa shape index (κ1) is 30.3. The fourth-order valence-electron chi connectivity index (χ4n) is 4.12. The summed E-state index contributed by atoms with van der Waals surface area (Å²) in [6, 6.07) is 4.81. The fraction of sp³-hybridized carbons (Fsp3) is 0.536. The molecule has 214 valence electrons. The van der Waals surface area contributed by atoms with E-state index in [1.54, 1.807) is 40.1 Å². The zero-order chi connectivity index (χ0) is 28.6. The van der Waals surface area contributed by atoms with Gasteiger partial charge in [-0.1, -0.05) is 6.92 Å². The van der Waals surface area contributed by atoms with Gasteiger partial charge in [-0.2, -0.15) is 0 Å². The van der Waals surface area contributed by atoms with E-state index in [1.807, 2.05) is 27.1 Å². The third-order valence-corrected chi connectivity index (χ3v) is 6.04. The van der Waals surface area contributed by atoms with Gasteiger partial charge in [-0.3, -0.25) is 15.3 Å². The quantitative estimate of drug-likeness (QED) is 0.192. The number of aliphatic imine (C=N–C) groups is 1. The molecule has 0 radical (unpaired) electrons. The third-order valence-electron chi connectivity index (χ3n) is 6.04. The van der Waals surface area contributed by atoms with Gasteiger partial charge in [0.1, 0.15) is 29.7 Å². The number of hydrogen-bond donors (Lipinski definition) is 2. The van der Waals surface area contributed by atoms with Crippen LogP contribution in [0.2, 0.25) is 0 Å². The number of likely N-dealkylation sites (N-methyl/N-ethyl adjacent to an activating group) is 1. The predicted octanol–water partition coefficient (Wildman–Crippen LogP) is 3.52. The van der Waals surface area contributed by atoms with Crippen molar-refractivity contribution in [3.8, 4) is 11.6 Å². The Bertz CT molecular complexity index is 1170. The maximum absolute atomic E-state index is 15.2. The smallest absolute Gasteiger partial charge is 0.416 e. The molecule has 39 heavy (non-hydrogen) atoms. The second-order valence-corrected chi connectivity index (χ2v) is 10.5. The van der Waals surface area contributed by atoms with E-state index in [0.29, 0.717) is 54.6 Å². The third kappa shape index (κ3) is 8.35. The lowest BCUT2D eigenvalue weighted by molar-refractivity contribution is 0.0358. The Morgan fingerprint density at radius 1 is 1.26 bits per heavy atom. The van der Waals surface area contributed by atoms with Crippen molar-refractivity contribution in [3.05, 3.63) is 52.5 Å². The van der Waals surface area contributed by atoms with Gasteiger partial charge in [0.15, 0.2) is 0 Å². The number of fused-ring (bicyclic) bond motifs is 1. The Morgan fingerprint density at radius 2 is 2.03 bits per heavy atom. The minimum atomic E-state index is -0.779. The molecule has 0 spiro atoms. The molecule has 0 saturated carbocycles. The van der Waals surface area contributed by atoms with Gasteiger partial charge < -0.3 is 19.1 Å². The van der Waals surface area contributed by atoms with Crippen LogP contribution in [0.25, 0.3) is 0 Å². The summed E-state index contributed by atoms with van der Waals surface area (Å²) in [6.07, 6.45) is 2.17. The van der Waals surface area contributed by atoms with Gasteiger partial charge >= 0.3 is 6.09 Å². The summed E-state index contributed by atoms with van der Waals surface area (Å²) in [4.78, 5) is 26.3. The summed E-state index contributed by atoms with van der Waals surface area (Å²) in [5, 5.41) is 0. The molecule has 1 amide bonds. The van der Waals surface area contributed by atoms with Crippen LogP contribution >= 0.6 is 0 Å². The molecule has 0 unspecified atom stereocenters. The second kappa shape index (κ2) is 13.7. The number of rotatable bonds is 11. The zero-order valence-corrected chi connectivity index (χ0v) is 24.1. The van der Waals surface area contributed by atoms with Crippen molar-refractivity contribution in [2.45, 2.75) is 52.7 Å². The molecular weight excluding hydrogens is 503 g/mol. The fourth-order valence-corrected chi connectivity index (χ4v) is 4.12. The average molecular weight is 545 g/mol. The van der Waals surface area contributed by atoms with Gasteiger partial charge in [0.25, 0.3) is 0 Å². The number of ether oxygens (including phenoxy) is 3. The number of methoxy groups -OCH3 is 1. The van der Waals surface area contributed by atoms with E-state index >= 15 is 4.39 Å². The Hall–Kier alpha value is -3.28. The van der Waals surface area contributed by atoms with Crippen LogP contribution < -0.4 is 20.3 Å². The minimum absolute atomic E-state index is 0.0879. The van der Waals surface area contributed by atoms with E-state index in [2.05, 4.69) is 20.7 Å². The molecule has 1 aromatic heterocycles. The highest BCUT2D eigenvalue weighted by molar-refractivity contribution is 6.07. The Balaban J connectivity index is 2.07. The SMILES string of the molecule is CCc1cc(OC)ncc1/C(=N\CNNCCN(C)C)N(Cc1c(F)ccc2c1CCO2)C(=O)OC(C)(C)C. The van der Waals surface area contributed by atoms with Crippen molar-refractivity contribution >= 4 is 11.9 Å². The topological polar surface area (TPSA) is 101 Å². The van der Waals surface area contributed by atoms with Crippen LogP contribution in [0.1, 0.15) is 49.9 Å². The number of hydrazine groups is 1. The van der Waals surface area contributed by atoms with Crippen LogP contribution in [-0.4, -0.2) is 79.9 Å². The summed E-state index contributed by atoms with van der Waals surface area (Å²) in [6.45, 7) is 9.41. The molecule has 0 aliphatic carbocycles. The minimum Gasteiger partial charge on any atom is -0.493 e. The number of amides is 1. The van der Waals surface area contributed by atoms with Crippen LogP contribution in [0, 0.1) is 5.82 Å². The number of pyridine rings is 1. The van der Waals surface area contributed by atoms with Crippen LogP contribution in [0.4, 0.5) is 9.18 Å². The maximum Gasteiger partial charge on any atom is 0.416 e. The average Bonchev–Trinajstić information content (AvgIpc) is 3.36. The van der Waals surface area contributed by atoms with Crippen LogP contribution in [0.5, 0.6) is 11.6 Å². The molecule has 10 nitrogen and oxygen atoms in total. The molecule has 11 heteroatoms. The zero-order valence-electron chi connectivity index (χ0n) is 24.1. The number of aryl methyl sites for hydroxylation is 1. The molecule has 0 atom stereocenters. The van der Waals surface area contributed by atoms with Gasteiger partial charge in [-0.05, 0) is 59.0 Å². The van der Waals surface area contributed by atoms with Gasteiger partial charge in [0.2, 0.25) is 5.88 Å². The number of nitrogens with zero attached hydrogens (tertiary/aromatic N) is 4. The van der Waals surface area contributed by atoms with Crippen molar-refractivity contribution in [1.29, 1.82) is 0 Å². The van der Waals surface area contributed by atoms with Crippen LogP contribution in [0.15, 0.2) is 29.4 Å². The number of amidine groups is 1. The molecule has 1 aromatic carbocycles. The Labute approximate surface area is 230 Å².